The van der Waals surface area contributed by atoms with Crippen LogP contribution in [0.3, 0.4) is 0 Å². The zero-order chi connectivity index (χ0) is 29.0. The van der Waals surface area contributed by atoms with E-state index in [2.05, 4.69) is 22.2 Å². The second-order valence-corrected chi connectivity index (χ2v) is 10.6. The summed E-state index contributed by atoms with van der Waals surface area (Å²) in [5.41, 5.74) is -1.81. The number of anilines is 2. The molecule has 0 spiro atoms. The maximum absolute atomic E-state index is 14.0. The van der Waals surface area contributed by atoms with E-state index >= 15 is 0 Å². The Hall–Kier alpha value is -2.85. The summed E-state index contributed by atoms with van der Waals surface area (Å²) < 4.78 is 84.1. The van der Waals surface area contributed by atoms with E-state index < -0.39 is 35.3 Å². The first kappa shape index (κ1) is 30.7. The number of halogens is 6. The molecule has 3 rings (SSSR count). The fraction of sp³-hybridized carbons (Fsp3) is 0.607. The molecular formula is C28H36F6N4O. The summed E-state index contributed by atoms with van der Waals surface area (Å²) >= 11 is 0. The topological polar surface area (TPSA) is 58.1 Å². The molecule has 0 aliphatic heterocycles. The van der Waals surface area contributed by atoms with Crippen molar-refractivity contribution in [2.75, 3.05) is 23.3 Å². The number of aromatic nitrogens is 2. The van der Waals surface area contributed by atoms with Crippen LogP contribution < -0.4 is 10.2 Å². The van der Waals surface area contributed by atoms with E-state index in [9.17, 15) is 31.1 Å². The first-order chi connectivity index (χ1) is 18.2. The number of carbonyl (C=O) groups is 1. The summed E-state index contributed by atoms with van der Waals surface area (Å²) in [5.74, 6) is -3.02. The van der Waals surface area contributed by atoms with Crippen LogP contribution in [0.25, 0.3) is 11.3 Å². The predicted molar refractivity (Wildman–Crippen MR) is 139 cm³/mol. The van der Waals surface area contributed by atoms with Crippen LogP contribution >= 0.6 is 0 Å². The molecule has 1 amide bonds. The Bertz CT molecular complexity index is 1130. The van der Waals surface area contributed by atoms with Crippen molar-refractivity contribution < 1.29 is 31.1 Å². The van der Waals surface area contributed by atoms with Crippen molar-refractivity contribution in [3.8, 4) is 11.3 Å². The number of nitrogens with one attached hydrogen (secondary N) is 1. The van der Waals surface area contributed by atoms with Gasteiger partial charge in [0.1, 0.15) is 11.6 Å². The highest BCUT2D eigenvalue weighted by molar-refractivity contribution is 5.94. The first-order valence-corrected chi connectivity index (χ1v) is 13.4. The summed E-state index contributed by atoms with van der Waals surface area (Å²) in [6.45, 7) is 7.74. The molecule has 11 heteroatoms. The molecule has 1 fully saturated rings. The van der Waals surface area contributed by atoms with Gasteiger partial charge in [0.2, 0.25) is 5.91 Å². The van der Waals surface area contributed by atoms with E-state index in [1.54, 1.807) is 4.90 Å². The molecule has 0 bridgehead atoms. The quantitative estimate of drug-likeness (QED) is 0.211. The fourth-order valence-corrected chi connectivity index (χ4v) is 4.41. The van der Waals surface area contributed by atoms with Crippen LogP contribution in [0.4, 0.5) is 38.0 Å². The van der Waals surface area contributed by atoms with Gasteiger partial charge >= 0.3 is 12.4 Å². The molecule has 216 valence electrons. The van der Waals surface area contributed by atoms with Crippen molar-refractivity contribution in [3.63, 3.8) is 0 Å². The van der Waals surface area contributed by atoms with Gasteiger partial charge < -0.3 is 10.2 Å². The number of carbonyl (C=O) groups excluding carboxylic acids is 1. The maximum Gasteiger partial charge on any atom is 0.416 e. The number of pyridine rings is 2. The number of hydrogen-bond donors (Lipinski definition) is 1. The van der Waals surface area contributed by atoms with E-state index in [0.717, 1.165) is 44.7 Å². The van der Waals surface area contributed by atoms with Crippen LogP contribution in [0.2, 0.25) is 0 Å². The zero-order valence-electron chi connectivity index (χ0n) is 22.7. The molecule has 1 atom stereocenters. The fourth-order valence-electron chi connectivity index (χ4n) is 4.41. The van der Waals surface area contributed by atoms with Crippen molar-refractivity contribution in [2.24, 2.45) is 11.8 Å². The molecule has 2 aromatic rings. The summed E-state index contributed by atoms with van der Waals surface area (Å²) in [7, 11) is 0. The molecule has 0 aromatic carbocycles. The van der Waals surface area contributed by atoms with Gasteiger partial charge in [0.15, 0.2) is 0 Å². The van der Waals surface area contributed by atoms with Crippen molar-refractivity contribution >= 4 is 17.5 Å². The van der Waals surface area contributed by atoms with E-state index in [1.807, 2.05) is 13.8 Å². The Morgan fingerprint density at radius 2 is 1.77 bits per heavy atom. The van der Waals surface area contributed by atoms with Crippen LogP contribution in [0.15, 0.2) is 24.4 Å². The van der Waals surface area contributed by atoms with Gasteiger partial charge in [0, 0.05) is 36.3 Å². The van der Waals surface area contributed by atoms with Crippen LogP contribution in [-0.2, 0) is 11.0 Å². The number of alkyl halides is 6. The molecule has 1 aliphatic rings. The zero-order valence-corrected chi connectivity index (χ0v) is 22.7. The maximum atomic E-state index is 14.0. The number of hydrogen-bond acceptors (Lipinski definition) is 4. The molecule has 5 nitrogen and oxygen atoms in total. The molecule has 2 aromatic heterocycles. The van der Waals surface area contributed by atoms with Gasteiger partial charge in [-0.25, -0.2) is 9.97 Å². The van der Waals surface area contributed by atoms with Crippen molar-refractivity contribution in [1.29, 1.82) is 0 Å². The number of unbranched alkanes of at least 4 members (excludes halogenated alkanes) is 3. The molecular weight excluding hydrogens is 522 g/mol. The summed E-state index contributed by atoms with van der Waals surface area (Å²) in [6, 6.07) is 2.95. The van der Waals surface area contributed by atoms with Gasteiger partial charge in [-0.15, -0.1) is 0 Å². The van der Waals surface area contributed by atoms with E-state index in [4.69, 9.17) is 0 Å². The van der Waals surface area contributed by atoms with Gasteiger partial charge in [-0.2, -0.15) is 26.3 Å². The molecule has 0 saturated heterocycles. The lowest BCUT2D eigenvalue weighted by atomic mass is 9.93. The van der Waals surface area contributed by atoms with Crippen molar-refractivity contribution in [1.82, 2.24) is 9.97 Å². The molecule has 1 unspecified atom stereocenters. The predicted octanol–water partition coefficient (Wildman–Crippen LogP) is 8.22. The normalized spacial score (nSPS) is 14.9. The van der Waals surface area contributed by atoms with Gasteiger partial charge in [0.25, 0.3) is 0 Å². The minimum absolute atomic E-state index is 0.0519. The molecule has 0 radical (unpaired) electrons. The largest absolute Gasteiger partial charge is 0.416 e. The van der Waals surface area contributed by atoms with Gasteiger partial charge in [-0.3, -0.25) is 4.79 Å². The smallest absolute Gasteiger partial charge is 0.356 e. The van der Waals surface area contributed by atoms with Crippen LogP contribution in [0.5, 0.6) is 0 Å². The van der Waals surface area contributed by atoms with Crippen LogP contribution in [0, 0.1) is 11.8 Å². The molecule has 1 saturated carbocycles. The van der Waals surface area contributed by atoms with Crippen LogP contribution in [-0.4, -0.2) is 35.1 Å². The third-order valence-corrected chi connectivity index (χ3v) is 6.71. The minimum Gasteiger partial charge on any atom is -0.356 e. The highest BCUT2D eigenvalue weighted by atomic mass is 19.4. The van der Waals surface area contributed by atoms with Crippen LogP contribution in [0.1, 0.15) is 83.3 Å². The molecule has 39 heavy (non-hydrogen) atoms. The SMILES string of the molecule is CCCCCCN(CC(C)C)c1cc(C(F)(F)F)cc(-c2ccnc(NC(=O)C3CC3)c2C(C)C(F)(F)F)n1. The van der Waals surface area contributed by atoms with Crippen molar-refractivity contribution in [3.05, 3.63) is 35.5 Å². The monoisotopic (exact) mass is 558 g/mol. The standard InChI is InChI=1S/C28H36F6N4O/c1-5-6-7-8-13-38(16-17(2)3)23-15-20(28(32,33)34)14-22(36-23)21-11-12-35-25(37-26(39)19-9-10-19)24(21)18(4)27(29,30)31/h11-12,14-15,17-19H,5-10,13,16H2,1-4H3,(H,35,37,39). The highest BCUT2D eigenvalue weighted by Crippen LogP contribution is 2.44. The Balaban J connectivity index is 2.17. The Kier molecular flexibility index (Phi) is 9.88. The number of amides is 1. The Morgan fingerprint density at radius 1 is 1.08 bits per heavy atom. The second-order valence-electron chi connectivity index (χ2n) is 10.6. The minimum atomic E-state index is -4.75. The first-order valence-electron chi connectivity index (χ1n) is 13.4. The number of nitrogens with zero attached hydrogens (tertiary/aromatic N) is 3. The molecule has 1 aliphatic carbocycles. The Morgan fingerprint density at radius 3 is 2.33 bits per heavy atom. The molecule has 1 N–H and O–H groups in total. The lowest BCUT2D eigenvalue weighted by Gasteiger charge is -2.28. The Labute approximate surface area is 225 Å². The summed E-state index contributed by atoms with van der Waals surface area (Å²) in [4.78, 5) is 22.7. The van der Waals surface area contributed by atoms with Crippen molar-refractivity contribution in [2.45, 2.75) is 84.5 Å². The molecule has 2 heterocycles. The lowest BCUT2D eigenvalue weighted by molar-refractivity contribution is -0.146. The van der Waals surface area contributed by atoms with Gasteiger partial charge in [0.05, 0.1) is 17.2 Å². The third-order valence-electron chi connectivity index (χ3n) is 6.71. The average molecular weight is 559 g/mol. The summed E-state index contributed by atoms with van der Waals surface area (Å²) in [5, 5.41) is 2.47. The van der Waals surface area contributed by atoms with E-state index in [-0.39, 0.29) is 34.7 Å². The third kappa shape index (κ3) is 8.32. The second kappa shape index (κ2) is 12.6. The van der Waals surface area contributed by atoms with Gasteiger partial charge in [-0.1, -0.05) is 40.0 Å². The van der Waals surface area contributed by atoms with Gasteiger partial charge in [-0.05, 0) is 50.3 Å². The van der Waals surface area contributed by atoms with E-state index in [0.29, 0.717) is 25.9 Å². The average Bonchev–Trinajstić information content (AvgIpc) is 3.69. The summed E-state index contributed by atoms with van der Waals surface area (Å²) in [6.07, 6.45) is -3.41. The lowest BCUT2D eigenvalue weighted by Crippen LogP contribution is -2.30. The highest BCUT2D eigenvalue weighted by Gasteiger charge is 2.41. The number of rotatable bonds is 12. The van der Waals surface area contributed by atoms with E-state index in [1.165, 1.54) is 12.3 Å².